The van der Waals surface area contributed by atoms with E-state index in [0.717, 1.165) is 26.4 Å². The summed E-state index contributed by atoms with van der Waals surface area (Å²) in [6, 6.07) is 8.44. The van der Waals surface area contributed by atoms with Crippen molar-refractivity contribution in [3.05, 3.63) is 48.0 Å². The number of guanidine groups is 1. The Balaban J connectivity index is 2.40. The van der Waals surface area contributed by atoms with Crippen LogP contribution in [0.1, 0.15) is 25.3 Å². The van der Waals surface area contributed by atoms with E-state index in [9.17, 15) is 27.6 Å². The third-order valence-electron chi connectivity index (χ3n) is 4.18. The summed E-state index contributed by atoms with van der Waals surface area (Å²) in [5.74, 6) is -0.707. The second-order valence-electron chi connectivity index (χ2n) is 6.81. The van der Waals surface area contributed by atoms with E-state index < -0.39 is 23.9 Å². The molecule has 0 fully saturated rings. The van der Waals surface area contributed by atoms with Crippen LogP contribution in [0.4, 0.5) is 34.1 Å². The fourth-order valence-electron chi connectivity index (χ4n) is 2.61. The van der Waals surface area contributed by atoms with Gasteiger partial charge in [0.1, 0.15) is 11.5 Å². The summed E-state index contributed by atoms with van der Waals surface area (Å²) in [4.78, 5) is 38.9. The van der Waals surface area contributed by atoms with Gasteiger partial charge in [-0.2, -0.15) is 13.2 Å². The molecule has 0 aromatic heterocycles. The fourth-order valence-corrected chi connectivity index (χ4v) is 2.61. The Morgan fingerprint density at radius 3 is 2.29 bits per heavy atom. The van der Waals surface area contributed by atoms with Crippen LogP contribution in [0.3, 0.4) is 0 Å². The van der Waals surface area contributed by atoms with E-state index >= 15 is 0 Å². The van der Waals surface area contributed by atoms with Crippen molar-refractivity contribution < 1.29 is 41.8 Å². The molecule has 0 saturated carbocycles. The normalized spacial score (nSPS) is 11.3. The van der Waals surface area contributed by atoms with Crippen LogP contribution in [0.25, 0.3) is 0 Å². The minimum Gasteiger partial charge on any atom is -0.457 e. The average Bonchev–Trinajstić information content (AvgIpc) is 2.80. The Hall–Kier alpha value is -4.29. The molecule has 0 aliphatic heterocycles. The number of rotatable bonds is 6. The highest BCUT2D eigenvalue weighted by molar-refractivity contribution is 6.08. The second-order valence-corrected chi connectivity index (χ2v) is 6.81. The molecular weight excluding hydrogens is 473 g/mol. The topological polar surface area (TPSA) is 127 Å². The highest BCUT2D eigenvalue weighted by Crippen LogP contribution is 2.34. The monoisotopic (exact) mass is 496 g/mol. The van der Waals surface area contributed by atoms with Crippen molar-refractivity contribution in [2.24, 2.45) is 4.99 Å². The summed E-state index contributed by atoms with van der Waals surface area (Å²) in [5, 5.41) is 7.49. The molecule has 2 aromatic rings. The van der Waals surface area contributed by atoms with Gasteiger partial charge >= 0.3 is 18.4 Å². The first-order chi connectivity index (χ1) is 16.5. The number of aliphatic imine (C=N–C) groups is 1. The SMILES string of the molecule is CCCC(=O)Nc1cc(Oc2cccc(C(F)(F)F)c2)ccc1NC(=NC(=O)OC)NC(=O)OC. The number of amides is 3. The van der Waals surface area contributed by atoms with Gasteiger partial charge in [-0.05, 0) is 36.8 Å². The number of carbonyl (C=O) groups excluding carboxylic acids is 3. The molecule has 35 heavy (non-hydrogen) atoms. The molecule has 2 rings (SSSR count). The van der Waals surface area contributed by atoms with Crippen molar-refractivity contribution in [3.8, 4) is 11.5 Å². The van der Waals surface area contributed by atoms with Crippen LogP contribution in [0.2, 0.25) is 0 Å². The average molecular weight is 496 g/mol. The molecule has 3 N–H and O–H groups in total. The first kappa shape index (κ1) is 27.0. The van der Waals surface area contributed by atoms with Crippen molar-refractivity contribution in [3.63, 3.8) is 0 Å². The van der Waals surface area contributed by atoms with Crippen molar-refractivity contribution in [1.82, 2.24) is 5.32 Å². The lowest BCUT2D eigenvalue weighted by molar-refractivity contribution is -0.137. The van der Waals surface area contributed by atoms with Crippen LogP contribution in [0.15, 0.2) is 47.5 Å². The van der Waals surface area contributed by atoms with Gasteiger partial charge in [0, 0.05) is 12.5 Å². The van der Waals surface area contributed by atoms with E-state index in [4.69, 9.17) is 4.74 Å². The lowest BCUT2D eigenvalue weighted by Gasteiger charge is -2.16. The van der Waals surface area contributed by atoms with Crippen LogP contribution >= 0.6 is 0 Å². The quantitative estimate of drug-likeness (QED) is 0.374. The van der Waals surface area contributed by atoms with Gasteiger partial charge in [-0.1, -0.05) is 13.0 Å². The highest BCUT2D eigenvalue weighted by Gasteiger charge is 2.30. The van der Waals surface area contributed by atoms with E-state index in [1.807, 2.05) is 0 Å². The first-order valence-corrected chi connectivity index (χ1v) is 10.1. The largest absolute Gasteiger partial charge is 0.457 e. The van der Waals surface area contributed by atoms with E-state index in [0.29, 0.717) is 6.42 Å². The zero-order chi connectivity index (χ0) is 26.0. The lowest BCUT2D eigenvalue weighted by atomic mass is 10.2. The number of nitrogens with zero attached hydrogens (tertiary/aromatic N) is 1. The summed E-state index contributed by atoms with van der Waals surface area (Å²) in [6.07, 6.45) is -5.80. The Bertz CT molecular complexity index is 1100. The minimum atomic E-state index is -4.55. The van der Waals surface area contributed by atoms with E-state index in [1.165, 1.54) is 30.3 Å². The summed E-state index contributed by atoms with van der Waals surface area (Å²) in [5.41, 5.74) is -0.579. The molecule has 0 spiro atoms. The Morgan fingerprint density at radius 2 is 1.66 bits per heavy atom. The van der Waals surface area contributed by atoms with Crippen LogP contribution < -0.4 is 20.7 Å². The van der Waals surface area contributed by atoms with E-state index in [1.54, 1.807) is 6.92 Å². The van der Waals surface area contributed by atoms with Crippen molar-refractivity contribution in [2.45, 2.75) is 25.9 Å². The molecule has 0 bridgehead atoms. The molecule has 0 aliphatic rings. The van der Waals surface area contributed by atoms with Gasteiger partial charge in [0.05, 0.1) is 31.2 Å². The number of hydrogen-bond donors (Lipinski definition) is 3. The number of anilines is 2. The third kappa shape index (κ3) is 8.53. The second kappa shape index (κ2) is 12.3. The lowest BCUT2D eigenvalue weighted by Crippen LogP contribution is -2.36. The van der Waals surface area contributed by atoms with Crippen LogP contribution in [0, 0.1) is 0 Å². The number of alkyl carbamates (subject to hydrolysis) is 1. The van der Waals surface area contributed by atoms with Gasteiger partial charge in [0.2, 0.25) is 11.9 Å². The van der Waals surface area contributed by atoms with E-state index in [-0.39, 0.29) is 41.2 Å². The van der Waals surface area contributed by atoms with Crippen molar-refractivity contribution >= 4 is 35.4 Å². The molecule has 2 aromatic carbocycles. The van der Waals surface area contributed by atoms with Crippen LogP contribution in [-0.2, 0) is 20.4 Å². The standard InChI is InChI=1S/C22H23F3N4O6/c1-4-6-18(30)26-17-12-15(35-14-8-5-7-13(11-14)22(23,24)25)9-10-16(17)27-19(28-20(31)33-2)29-21(32)34-3/h5,7-12H,4,6H2,1-3H3,(H,26,30)(H2,27,28,29,31,32). The number of carbonyl (C=O) groups is 3. The number of benzene rings is 2. The Morgan fingerprint density at radius 1 is 0.943 bits per heavy atom. The van der Waals surface area contributed by atoms with Gasteiger partial charge in [-0.3, -0.25) is 10.1 Å². The predicted octanol–water partition coefficient (Wildman–Crippen LogP) is 5.13. The number of nitrogens with one attached hydrogen (secondary N) is 3. The third-order valence-corrected chi connectivity index (χ3v) is 4.18. The Kier molecular flexibility index (Phi) is 9.44. The fraction of sp³-hybridized carbons (Fsp3) is 0.273. The first-order valence-electron chi connectivity index (χ1n) is 10.1. The summed E-state index contributed by atoms with van der Waals surface area (Å²) < 4.78 is 53.5. The molecule has 0 atom stereocenters. The van der Waals surface area contributed by atoms with Crippen molar-refractivity contribution in [2.75, 3.05) is 24.9 Å². The number of halogens is 3. The maximum absolute atomic E-state index is 13.0. The molecule has 0 radical (unpaired) electrons. The number of methoxy groups -OCH3 is 2. The molecule has 0 unspecified atom stereocenters. The smallest absolute Gasteiger partial charge is 0.436 e. The molecule has 0 aliphatic carbocycles. The van der Waals surface area contributed by atoms with Gasteiger partial charge in [0.25, 0.3) is 0 Å². The summed E-state index contributed by atoms with van der Waals surface area (Å²) in [6.45, 7) is 1.80. The van der Waals surface area contributed by atoms with E-state index in [2.05, 4.69) is 30.4 Å². The number of alkyl halides is 3. The number of hydrogen-bond acceptors (Lipinski definition) is 6. The predicted molar refractivity (Wildman–Crippen MR) is 121 cm³/mol. The zero-order valence-electron chi connectivity index (χ0n) is 19.0. The summed E-state index contributed by atoms with van der Waals surface area (Å²) in [7, 11) is 2.18. The Labute approximate surface area is 198 Å². The number of ether oxygens (including phenoxy) is 3. The molecule has 13 heteroatoms. The minimum absolute atomic E-state index is 0.0772. The maximum atomic E-state index is 13.0. The maximum Gasteiger partial charge on any atom is 0.436 e. The molecule has 0 heterocycles. The zero-order valence-corrected chi connectivity index (χ0v) is 19.0. The molecular formula is C22H23F3N4O6. The van der Waals surface area contributed by atoms with Crippen LogP contribution in [-0.4, -0.2) is 38.3 Å². The highest BCUT2D eigenvalue weighted by atomic mass is 19.4. The molecule has 188 valence electrons. The van der Waals surface area contributed by atoms with Crippen molar-refractivity contribution in [1.29, 1.82) is 0 Å². The molecule has 3 amide bonds. The van der Waals surface area contributed by atoms with Gasteiger partial charge in [0.15, 0.2) is 0 Å². The van der Waals surface area contributed by atoms with Gasteiger partial charge in [-0.25, -0.2) is 9.59 Å². The van der Waals surface area contributed by atoms with Crippen LogP contribution in [0.5, 0.6) is 11.5 Å². The van der Waals surface area contributed by atoms with Gasteiger partial charge in [-0.15, -0.1) is 4.99 Å². The molecule has 10 nitrogen and oxygen atoms in total. The molecule has 0 saturated heterocycles. The summed E-state index contributed by atoms with van der Waals surface area (Å²) >= 11 is 0. The van der Waals surface area contributed by atoms with Gasteiger partial charge < -0.3 is 24.8 Å².